The van der Waals surface area contributed by atoms with E-state index in [1.54, 1.807) is 9.80 Å². The van der Waals surface area contributed by atoms with Crippen LogP contribution in [0, 0.1) is 20.2 Å². The van der Waals surface area contributed by atoms with Crippen molar-refractivity contribution in [1.29, 1.82) is 0 Å². The number of likely N-dealkylation sites (tertiary alicyclic amines) is 2. The molecular formula is C48H71N5O14Si2. The second-order valence-electron chi connectivity index (χ2n) is 20.3. The number of nitrogens with zero attached hydrogens (tertiary/aromatic N) is 5. The minimum atomic E-state index is -2.18. The molecule has 2 aromatic carbocycles. The topological polar surface area (TPSA) is 212 Å². The molecule has 0 radical (unpaired) electrons. The molecule has 0 aliphatic carbocycles. The minimum Gasteiger partial charge on any atom is -0.493 e. The van der Waals surface area contributed by atoms with Crippen molar-refractivity contribution in [3.05, 3.63) is 92.6 Å². The summed E-state index contributed by atoms with van der Waals surface area (Å²) < 4.78 is 41.2. The Morgan fingerprint density at radius 3 is 1.41 bits per heavy atom. The van der Waals surface area contributed by atoms with Crippen molar-refractivity contribution in [2.75, 3.05) is 73.4 Å². The summed E-state index contributed by atoms with van der Waals surface area (Å²) in [5.74, 6) is -1.19. The molecule has 4 rings (SSSR count). The van der Waals surface area contributed by atoms with Gasteiger partial charge in [-0.25, -0.2) is 4.79 Å². The second kappa shape index (κ2) is 22.8. The van der Waals surface area contributed by atoms with Crippen molar-refractivity contribution in [1.82, 2.24) is 14.7 Å². The van der Waals surface area contributed by atoms with Crippen molar-refractivity contribution < 1.29 is 56.8 Å². The number of ether oxygens (including phenoxy) is 5. The lowest BCUT2D eigenvalue weighted by atomic mass is 10.1. The third-order valence-corrected chi connectivity index (χ3v) is 22.4. The van der Waals surface area contributed by atoms with Gasteiger partial charge in [0.15, 0.2) is 39.6 Å². The van der Waals surface area contributed by atoms with Crippen LogP contribution in [0.3, 0.4) is 0 Å². The molecule has 380 valence electrons. The van der Waals surface area contributed by atoms with Crippen LogP contribution in [0.2, 0.25) is 36.3 Å². The highest BCUT2D eigenvalue weighted by atomic mass is 28.4. The fraction of sp³-hybridized carbons (Fsp3) is 0.562. The Hall–Kier alpha value is -5.78. The minimum absolute atomic E-state index is 0.0421. The van der Waals surface area contributed by atoms with E-state index in [1.807, 2.05) is 0 Å². The number of nitro groups is 2. The van der Waals surface area contributed by atoms with Crippen LogP contribution in [-0.4, -0.2) is 145 Å². The van der Waals surface area contributed by atoms with Crippen molar-refractivity contribution in [2.45, 2.75) is 103 Å². The molecule has 2 fully saturated rings. The van der Waals surface area contributed by atoms with Gasteiger partial charge in [0.25, 0.3) is 23.2 Å². The Balaban J connectivity index is 1.51. The lowest BCUT2D eigenvalue weighted by Crippen LogP contribution is -2.46. The maximum atomic E-state index is 14.1. The molecule has 19 nitrogen and oxygen atoms in total. The first-order valence-electron chi connectivity index (χ1n) is 22.8. The van der Waals surface area contributed by atoms with Gasteiger partial charge in [0.05, 0.1) is 74.6 Å². The Labute approximate surface area is 407 Å². The highest BCUT2D eigenvalue weighted by Gasteiger charge is 2.43. The van der Waals surface area contributed by atoms with E-state index in [4.69, 9.17) is 32.5 Å². The van der Waals surface area contributed by atoms with Gasteiger partial charge in [0.2, 0.25) is 0 Å². The smallest absolute Gasteiger partial charge is 0.410 e. The van der Waals surface area contributed by atoms with Crippen molar-refractivity contribution >= 4 is 45.9 Å². The van der Waals surface area contributed by atoms with E-state index in [-0.39, 0.29) is 115 Å². The third kappa shape index (κ3) is 13.7. The normalized spacial score (nSPS) is 16.6. The van der Waals surface area contributed by atoms with Crippen LogP contribution in [0.4, 0.5) is 16.2 Å². The van der Waals surface area contributed by atoms with Crippen LogP contribution in [0.25, 0.3) is 0 Å². The zero-order chi connectivity index (χ0) is 51.8. The Morgan fingerprint density at radius 1 is 0.710 bits per heavy atom. The SMILES string of the molecule is C=CCOC(=O)N(CCOc1cc([N+](=O)[O-])c(C(=O)N2CC(=C)C[C@H]2CO[Si](C)(C)C(C)(C)C)cc1OC)CCOc1cc([N+](=O)[O-])c(C(=O)N2CC(=C)C[C@H]2CO[Si](C)(C)C(C)(C)C)cc1OC. The maximum absolute atomic E-state index is 14.1. The van der Waals surface area contributed by atoms with Gasteiger partial charge in [-0.1, -0.05) is 78.5 Å². The Bertz CT molecular complexity index is 2140. The van der Waals surface area contributed by atoms with Crippen LogP contribution < -0.4 is 18.9 Å². The molecule has 2 atom stereocenters. The van der Waals surface area contributed by atoms with E-state index in [1.165, 1.54) is 37.3 Å². The van der Waals surface area contributed by atoms with Crippen molar-refractivity contribution in [3.8, 4) is 23.0 Å². The predicted octanol–water partition coefficient (Wildman–Crippen LogP) is 9.19. The van der Waals surface area contributed by atoms with Crippen LogP contribution in [-0.2, 0) is 13.6 Å². The Kier molecular flexibility index (Phi) is 18.4. The van der Waals surface area contributed by atoms with Crippen LogP contribution in [0.5, 0.6) is 23.0 Å². The van der Waals surface area contributed by atoms with E-state index >= 15 is 0 Å². The van der Waals surface area contributed by atoms with Crippen LogP contribution in [0.1, 0.15) is 75.1 Å². The third-order valence-electron chi connectivity index (χ3n) is 13.4. The molecule has 69 heavy (non-hydrogen) atoms. The van der Waals surface area contributed by atoms with Gasteiger partial charge in [-0.3, -0.25) is 29.8 Å². The summed E-state index contributed by atoms with van der Waals surface area (Å²) in [6, 6.07) is 4.01. The monoisotopic (exact) mass is 997 g/mol. The average Bonchev–Trinajstić information content (AvgIpc) is 3.85. The summed E-state index contributed by atoms with van der Waals surface area (Å²) in [6.45, 7) is 33.0. The van der Waals surface area contributed by atoms with Gasteiger partial charge in [0, 0.05) is 25.2 Å². The van der Waals surface area contributed by atoms with E-state index < -0.39 is 55.8 Å². The van der Waals surface area contributed by atoms with Gasteiger partial charge < -0.3 is 47.2 Å². The van der Waals surface area contributed by atoms with Crippen molar-refractivity contribution in [3.63, 3.8) is 0 Å². The number of hydrogen-bond donors (Lipinski definition) is 0. The fourth-order valence-electron chi connectivity index (χ4n) is 7.22. The standard InChI is InChI=1S/C48H71N5O14Si2/c1-16-19-65-46(56)49(17-20-63-42-26-38(52(57)58)36(24-40(42)61-10)44(54)50-28-32(2)22-34(50)30-66-68(12,13)47(4,5)6)18-21-64-43-27-39(53(59)60)37(25-41(43)62-11)45(55)51-29-33(3)23-35(51)31-67-69(14,15)48(7,8)9/h16,24-27,34-35H,1-3,17-23,28-31H2,4-15H3/t34-,35-/m0/s1. The molecule has 0 unspecified atom stereocenters. The average molecular weight is 998 g/mol. The number of carbonyl (C=O) groups is 3. The first kappa shape index (κ1) is 55.8. The zero-order valence-electron chi connectivity index (χ0n) is 42.4. The van der Waals surface area contributed by atoms with Gasteiger partial charge >= 0.3 is 6.09 Å². The highest BCUT2D eigenvalue weighted by Crippen LogP contribution is 2.41. The van der Waals surface area contributed by atoms with E-state index in [2.05, 4.69) is 87.5 Å². The molecule has 0 aromatic heterocycles. The number of methoxy groups -OCH3 is 2. The quantitative estimate of drug-likeness (QED) is 0.0466. The Morgan fingerprint density at radius 2 is 1.09 bits per heavy atom. The molecule has 3 amide bonds. The number of carbonyl (C=O) groups excluding carboxylic acids is 3. The van der Waals surface area contributed by atoms with Crippen LogP contribution in [0.15, 0.2) is 61.2 Å². The molecular weight excluding hydrogens is 927 g/mol. The van der Waals surface area contributed by atoms with Gasteiger partial charge in [-0.15, -0.1) is 0 Å². The van der Waals surface area contributed by atoms with Gasteiger partial charge in [-0.05, 0) is 49.1 Å². The van der Waals surface area contributed by atoms with Crippen LogP contribution >= 0.6 is 0 Å². The largest absolute Gasteiger partial charge is 0.493 e. The molecule has 21 heteroatoms. The van der Waals surface area contributed by atoms with Crippen molar-refractivity contribution in [2.24, 2.45) is 0 Å². The summed E-state index contributed by atoms with van der Waals surface area (Å²) in [4.78, 5) is 69.3. The first-order chi connectivity index (χ1) is 32.1. The lowest BCUT2D eigenvalue weighted by molar-refractivity contribution is -0.385. The summed E-state index contributed by atoms with van der Waals surface area (Å²) in [5, 5.41) is 24.8. The molecule has 0 N–H and O–H groups in total. The van der Waals surface area contributed by atoms with E-state index in [9.17, 15) is 34.6 Å². The maximum Gasteiger partial charge on any atom is 0.410 e. The summed E-state index contributed by atoms with van der Waals surface area (Å²) >= 11 is 0. The second-order valence-corrected chi connectivity index (χ2v) is 29.9. The fourth-order valence-corrected chi connectivity index (χ4v) is 9.30. The van der Waals surface area contributed by atoms with E-state index in [0.29, 0.717) is 12.8 Å². The molecule has 2 saturated heterocycles. The molecule has 2 aliphatic heterocycles. The molecule has 0 saturated carbocycles. The molecule has 2 aliphatic rings. The zero-order valence-corrected chi connectivity index (χ0v) is 44.4. The van der Waals surface area contributed by atoms with E-state index in [0.717, 1.165) is 23.3 Å². The highest BCUT2D eigenvalue weighted by molar-refractivity contribution is 6.74. The number of benzene rings is 2. The molecule has 0 bridgehead atoms. The number of amides is 3. The lowest BCUT2D eigenvalue weighted by Gasteiger charge is -2.38. The molecule has 0 spiro atoms. The van der Waals surface area contributed by atoms with Gasteiger partial charge in [0.1, 0.15) is 30.9 Å². The molecule has 2 aromatic rings. The number of hydrogen-bond acceptors (Lipinski definition) is 14. The summed E-state index contributed by atoms with van der Waals surface area (Å²) in [7, 11) is -1.69. The summed E-state index contributed by atoms with van der Waals surface area (Å²) in [5.41, 5.74) is 0.184. The molecule has 2 heterocycles. The van der Waals surface area contributed by atoms with Gasteiger partial charge in [-0.2, -0.15) is 0 Å². The summed E-state index contributed by atoms with van der Waals surface area (Å²) in [6.07, 6.45) is 1.59. The number of rotatable bonds is 22. The first-order valence-corrected chi connectivity index (χ1v) is 28.6. The predicted molar refractivity (Wildman–Crippen MR) is 267 cm³/mol. The number of nitro benzene ring substituents is 2.